The van der Waals surface area contributed by atoms with Crippen molar-refractivity contribution in [3.63, 3.8) is 0 Å². The van der Waals surface area contributed by atoms with Crippen LogP contribution in [-0.2, 0) is 0 Å². The molecular formula is C38H28N2O2. The third-order valence-electron chi connectivity index (χ3n) is 7.36. The van der Waals surface area contributed by atoms with Gasteiger partial charge in [0.1, 0.15) is 23.0 Å². The lowest BCUT2D eigenvalue weighted by Crippen LogP contribution is -1.92. The normalized spacial score (nSPS) is 11.0. The highest BCUT2D eigenvalue weighted by molar-refractivity contribution is 6.21. The summed E-state index contributed by atoms with van der Waals surface area (Å²) >= 11 is 0. The van der Waals surface area contributed by atoms with E-state index in [-0.39, 0.29) is 0 Å². The van der Waals surface area contributed by atoms with Crippen molar-refractivity contribution in [2.24, 2.45) is 0 Å². The molecule has 4 nitrogen and oxygen atoms in total. The first-order chi connectivity index (χ1) is 20.6. The van der Waals surface area contributed by atoms with E-state index in [0.717, 1.165) is 55.3 Å². The second-order valence-electron chi connectivity index (χ2n) is 10.2. The maximum atomic E-state index is 6.21. The summed E-state index contributed by atoms with van der Waals surface area (Å²) in [5, 5.41) is 4.65. The molecule has 0 aromatic heterocycles. The van der Waals surface area contributed by atoms with Crippen molar-refractivity contribution in [2.45, 2.75) is 0 Å². The zero-order valence-electron chi connectivity index (χ0n) is 22.8. The molecule has 0 amide bonds. The van der Waals surface area contributed by atoms with E-state index in [1.54, 1.807) is 0 Å². The minimum atomic E-state index is 0.665. The van der Waals surface area contributed by atoms with Crippen molar-refractivity contribution >= 4 is 32.9 Å². The molecule has 4 N–H and O–H groups in total. The van der Waals surface area contributed by atoms with E-state index in [4.69, 9.17) is 20.9 Å². The fraction of sp³-hybridized carbons (Fsp3) is 0. The number of nitrogen functional groups attached to an aromatic ring is 2. The van der Waals surface area contributed by atoms with Gasteiger partial charge in [-0.2, -0.15) is 0 Å². The maximum Gasteiger partial charge on any atom is 0.129 e. The number of hydrogen-bond acceptors (Lipinski definition) is 4. The predicted molar refractivity (Wildman–Crippen MR) is 174 cm³/mol. The Hall–Kier alpha value is -5.74. The second-order valence-corrected chi connectivity index (χ2v) is 10.2. The lowest BCUT2D eigenvalue weighted by atomic mass is 9.86. The molecule has 42 heavy (non-hydrogen) atoms. The highest BCUT2D eigenvalue weighted by atomic mass is 16.5. The molecule has 202 valence electrons. The molecule has 0 bridgehead atoms. The van der Waals surface area contributed by atoms with Gasteiger partial charge in [0.15, 0.2) is 0 Å². The first-order valence-corrected chi connectivity index (χ1v) is 13.8. The van der Waals surface area contributed by atoms with E-state index in [2.05, 4.69) is 72.8 Å². The van der Waals surface area contributed by atoms with Gasteiger partial charge in [-0.25, -0.2) is 0 Å². The molecule has 7 rings (SSSR count). The molecule has 0 radical (unpaired) electrons. The lowest BCUT2D eigenvalue weighted by molar-refractivity contribution is 0.483. The molecule has 0 aliphatic rings. The Morgan fingerprint density at radius 1 is 0.333 bits per heavy atom. The third-order valence-corrected chi connectivity index (χ3v) is 7.36. The number of rotatable bonds is 6. The summed E-state index contributed by atoms with van der Waals surface area (Å²) in [6.07, 6.45) is 0. The van der Waals surface area contributed by atoms with E-state index >= 15 is 0 Å². The second kappa shape index (κ2) is 10.7. The Labute approximate surface area is 244 Å². The Morgan fingerprint density at radius 3 is 1.02 bits per heavy atom. The zero-order valence-corrected chi connectivity index (χ0v) is 22.8. The molecular weight excluding hydrogens is 516 g/mol. The number of hydrogen-bond donors (Lipinski definition) is 2. The van der Waals surface area contributed by atoms with Crippen LogP contribution in [0.3, 0.4) is 0 Å². The number of ether oxygens (including phenoxy) is 2. The third kappa shape index (κ3) is 4.87. The molecule has 0 unspecified atom stereocenters. The highest BCUT2D eigenvalue weighted by Gasteiger charge is 2.17. The van der Waals surface area contributed by atoms with Crippen LogP contribution in [0.2, 0.25) is 0 Å². The van der Waals surface area contributed by atoms with Gasteiger partial charge in [0.05, 0.1) is 0 Å². The molecule has 0 aliphatic heterocycles. The van der Waals surface area contributed by atoms with Gasteiger partial charge in [0.25, 0.3) is 0 Å². The maximum absolute atomic E-state index is 6.21. The Kier molecular flexibility index (Phi) is 6.42. The Morgan fingerprint density at radius 2 is 0.667 bits per heavy atom. The summed E-state index contributed by atoms with van der Waals surface area (Å²) in [4.78, 5) is 0. The van der Waals surface area contributed by atoms with Gasteiger partial charge in [-0.15, -0.1) is 0 Å². The van der Waals surface area contributed by atoms with Gasteiger partial charge in [-0.1, -0.05) is 84.9 Å². The van der Waals surface area contributed by atoms with Crippen LogP contribution in [0.15, 0.2) is 146 Å². The van der Waals surface area contributed by atoms with Crippen LogP contribution in [0.1, 0.15) is 0 Å². The van der Waals surface area contributed by atoms with Gasteiger partial charge in [0, 0.05) is 23.5 Å². The van der Waals surface area contributed by atoms with Gasteiger partial charge in [-0.05, 0) is 92.3 Å². The zero-order chi connectivity index (χ0) is 28.5. The van der Waals surface area contributed by atoms with Crippen LogP contribution in [0.4, 0.5) is 11.4 Å². The minimum absolute atomic E-state index is 0.665. The van der Waals surface area contributed by atoms with Crippen LogP contribution in [0.25, 0.3) is 43.8 Å². The molecule has 0 spiro atoms. The Balaban J connectivity index is 1.39. The van der Waals surface area contributed by atoms with E-state index in [1.165, 1.54) is 0 Å². The standard InChI is InChI=1S/C38H28N2O2/c39-27-11-7-15-31(23-27)41-29-13-5-9-25(21-29)37-33-17-1-2-18-34(33)38(36-20-4-3-19-35(36)37)26-10-6-14-30(22-26)42-32-16-8-12-28(40)24-32/h1-24H,39-40H2. The SMILES string of the molecule is Nc1cccc(Oc2cccc(-c3c4ccccc4c(-c4cccc(Oc5cccc(N)c5)c4)c4ccccc34)c2)c1. The average molecular weight is 545 g/mol. The van der Waals surface area contributed by atoms with Crippen LogP contribution in [-0.4, -0.2) is 0 Å². The number of nitrogens with two attached hydrogens (primary N) is 2. The van der Waals surface area contributed by atoms with Crippen molar-refractivity contribution < 1.29 is 9.47 Å². The topological polar surface area (TPSA) is 70.5 Å². The average Bonchev–Trinajstić information content (AvgIpc) is 3.00. The molecule has 0 heterocycles. The summed E-state index contributed by atoms with van der Waals surface area (Å²) in [5.41, 5.74) is 17.8. The molecule has 7 aromatic rings. The van der Waals surface area contributed by atoms with Crippen molar-refractivity contribution in [1.29, 1.82) is 0 Å². The molecule has 7 aromatic carbocycles. The van der Waals surface area contributed by atoms with Crippen LogP contribution in [0.5, 0.6) is 23.0 Å². The highest BCUT2D eigenvalue weighted by Crippen LogP contribution is 2.45. The summed E-state index contributed by atoms with van der Waals surface area (Å²) < 4.78 is 12.4. The summed E-state index contributed by atoms with van der Waals surface area (Å²) in [6.45, 7) is 0. The molecule has 0 saturated carbocycles. The van der Waals surface area contributed by atoms with Crippen molar-refractivity contribution in [3.05, 3.63) is 146 Å². The fourth-order valence-electron chi connectivity index (χ4n) is 5.61. The fourth-order valence-corrected chi connectivity index (χ4v) is 5.61. The van der Waals surface area contributed by atoms with E-state index in [9.17, 15) is 0 Å². The monoisotopic (exact) mass is 544 g/mol. The van der Waals surface area contributed by atoms with Crippen LogP contribution >= 0.6 is 0 Å². The summed E-state index contributed by atoms with van der Waals surface area (Å²) in [6, 6.07) is 48.6. The first-order valence-electron chi connectivity index (χ1n) is 13.8. The quantitative estimate of drug-likeness (QED) is 0.161. The molecule has 0 fully saturated rings. The van der Waals surface area contributed by atoms with E-state index in [0.29, 0.717) is 22.9 Å². The number of fused-ring (bicyclic) bond motifs is 2. The van der Waals surface area contributed by atoms with Crippen LogP contribution < -0.4 is 20.9 Å². The van der Waals surface area contributed by atoms with Gasteiger partial charge < -0.3 is 20.9 Å². The van der Waals surface area contributed by atoms with E-state index in [1.807, 2.05) is 72.8 Å². The van der Waals surface area contributed by atoms with E-state index < -0.39 is 0 Å². The van der Waals surface area contributed by atoms with Gasteiger partial charge >= 0.3 is 0 Å². The largest absolute Gasteiger partial charge is 0.457 e. The summed E-state index contributed by atoms with van der Waals surface area (Å²) in [5.74, 6) is 2.92. The predicted octanol–water partition coefficient (Wildman–Crippen LogP) is 10.1. The Bertz CT molecular complexity index is 1880. The van der Waals surface area contributed by atoms with Gasteiger partial charge in [0.2, 0.25) is 0 Å². The van der Waals surface area contributed by atoms with Crippen molar-refractivity contribution in [3.8, 4) is 45.3 Å². The molecule has 0 atom stereocenters. The number of benzene rings is 7. The molecule has 0 saturated heterocycles. The molecule has 0 aliphatic carbocycles. The van der Waals surface area contributed by atoms with Crippen molar-refractivity contribution in [2.75, 3.05) is 11.5 Å². The van der Waals surface area contributed by atoms with Gasteiger partial charge in [-0.3, -0.25) is 0 Å². The van der Waals surface area contributed by atoms with Crippen LogP contribution in [0, 0.1) is 0 Å². The number of anilines is 2. The molecule has 4 heteroatoms. The smallest absolute Gasteiger partial charge is 0.129 e. The van der Waals surface area contributed by atoms with Crippen molar-refractivity contribution in [1.82, 2.24) is 0 Å². The summed E-state index contributed by atoms with van der Waals surface area (Å²) in [7, 11) is 0. The minimum Gasteiger partial charge on any atom is -0.457 e. The first kappa shape index (κ1) is 25.2. The lowest BCUT2D eigenvalue weighted by Gasteiger charge is -2.18.